The van der Waals surface area contributed by atoms with Crippen LogP contribution in [0.15, 0.2) is 12.1 Å². The SMILES string of the molecule is Cc1nc(-c2c(Cl)nn(C)c2COC(=O)N(C)C2CCCC2)ccc1O. The maximum absolute atomic E-state index is 12.4. The largest absolute Gasteiger partial charge is 0.506 e. The molecule has 1 N–H and O–H groups in total. The second kappa shape index (κ2) is 7.53. The Labute approximate surface area is 157 Å². The molecule has 8 heteroatoms. The van der Waals surface area contributed by atoms with Crippen molar-refractivity contribution in [3.05, 3.63) is 28.7 Å². The highest BCUT2D eigenvalue weighted by Gasteiger charge is 2.26. The normalized spacial score (nSPS) is 14.6. The minimum absolute atomic E-state index is 0.0447. The number of hydrogen-bond donors (Lipinski definition) is 1. The standard InChI is InChI=1S/C18H23ClN4O3/c1-11-15(24)9-8-13(20-11)16-14(23(3)21-17(16)19)10-26-18(25)22(2)12-6-4-5-7-12/h8-9,12,24H,4-7,10H2,1-3H3. The lowest BCUT2D eigenvalue weighted by Gasteiger charge is -2.23. The van der Waals surface area contributed by atoms with Gasteiger partial charge < -0.3 is 14.7 Å². The molecule has 1 aliphatic rings. The zero-order chi connectivity index (χ0) is 18.8. The number of ether oxygens (including phenoxy) is 1. The molecule has 0 atom stereocenters. The highest BCUT2D eigenvalue weighted by atomic mass is 35.5. The molecule has 2 aromatic heterocycles. The van der Waals surface area contributed by atoms with Gasteiger partial charge in [-0.25, -0.2) is 9.78 Å². The van der Waals surface area contributed by atoms with Crippen molar-refractivity contribution < 1.29 is 14.6 Å². The molecule has 2 aromatic rings. The second-order valence-electron chi connectivity index (χ2n) is 6.64. The molecule has 1 fully saturated rings. The van der Waals surface area contributed by atoms with Crippen LogP contribution in [-0.4, -0.2) is 44.0 Å². The predicted octanol–water partition coefficient (Wildman–Crippen LogP) is 3.66. The Kier molecular flexibility index (Phi) is 5.36. The first kappa shape index (κ1) is 18.5. The van der Waals surface area contributed by atoms with Gasteiger partial charge in [-0.2, -0.15) is 5.10 Å². The number of carbonyl (C=O) groups is 1. The van der Waals surface area contributed by atoms with Crippen LogP contribution in [0.25, 0.3) is 11.3 Å². The van der Waals surface area contributed by atoms with Gasteiger partial charge in [0.2, 0.25) is 0 Å². The lowest BCUT2D eigenvalue weighted by atomic mass is 10.1. The average Bonchev–Trinajstić information content (AvgIpc) is 3.22. The van der Waals surface area contributed by atoms with E-state index >= 15 is 0 Å². The van der Waals surface area contributed by atoms with Gasteiger partial charge in [0.25, 0.3) is 0 Å². The monoisotopic (exact) mass is 378 g/mol. The van der Waals surface area contributed by atoms with E-state index < -0.39 is 0 Å². The van der Waals surface area contributed by atoms with Crippen LogP contribution in [0.3, 0.4) is 0 Å². The Morgan fingerprint density at radius 1 is 1.42 bits per heavy atom. The van der Waals surface area contributed by atoms with E-state index in [2.05, 4.69) is 10.1 Å². The number of aromatic nitrogens is 3. The van der Waals surface area contributed by atoms with Gasteiger partial charge >= 0.3 is 6.09 Å². The summed E-state index contributed by atoms with van der Waals surface area (Å²) < 4.78 is 7.09. The fraction of sp³-hybridized carbons (Fsp3) is 0.500. The first-order valence-electron chi connectivity index (χ1n) is 8.66. The van der Waals surface area contributed by atoms with Gasteiger partial charge in [-0.15, -0.1) is 0 Å². The molecule has 0 spiro atoms. The average molecular weight is 379 g/mol. The topological polar surface area (TPSA) is 80.5 Å². The third-order valence-corrected chi connectivity index (χ3v) is 5.19. The lowest BCUT2D eigenvalue weighted by molar-refractivity contribution is 0.0899. The molecular weight excluding hydrogens is 356 g/mol. The summed E-state index contributed by atoms with van der Waals surface area (Å²) in [4.78, 5) is 18.4. The van der Waals surface area contributed by atoms with Gasteiger partial charge in [-0.1, -0.05) is 24.4 Å². The van der Waals surface area contributed by atoms with Gasteiger partial charge in [0.1, 0.15) is 12.4 Å². The zero-order valence-electron chi connectivity index (χ0n) is 15.2. The summed E-state index contributed by atoms with van der Waals surface area (Å²) >= 11 is 6.27. The number of aryl methyl sites for hydroxylation is 2. The van der Waals surface area contributed by atoms with Crippen LogP contribution in [0.1, 0.15) is 37.1 Å². The van der Waals surface area contributed by atoms with E-state index in [0.29, 0.717) is 22.6 Å². The van der Waals surface area contributed by atoms with E-state index in [1.807, 2.05) is 0 Å². The van der Waals surface area contributed by atoms with Crippen LogP contribution in [0, 0.1) is 6.92 Å². The number of aromatic hydroxyl groups is 1. The minimum atomic E-state index is -0.352. The summed E-state index contributed by atoms with van der Waals surface area (Å²) in [5, 5.41) is 14.2. The minimum Gasteiger partial charge on any atom is -0.506 e. The number of amides is 1. The Morgan fingerprint density at radius 3 is 2.77 bits per heavy atom. The van der Waals surface area contributed by atoms with Crippen molar-refractivity contribution in [1.29, 1.82) is 0 Å². The smallest absolute Gasteiger partial charge is 0.410 e. The van der Waals surface area contributed by atoms with Crippen molar-refractivity contribution in [2.24, 2.45) is 7.05 Å². The van der Waals surface area contributed by atoms with Crippen molar-refractivity contribution in [2.45, 2.75) is 45.3 Å². The van der Waals surface area contributed by atoms with Crippen LogP contribution in [0.5, 0.6) is 5.75 Å². The number of hydrogen-bond acceptors (Lipinski definition) is 5. The van der Waals surface area contributed by atoms with Gasteiger partial charge in [0.15, 0.2) is 5.15 Å². The van der Waals surface area contributed by atoms with E-state index in [9.17, 15) is 9.90 Å². The third kappa shape index (κ3) is 3.62. The molecule has 7 nitrogen and oxygen atoms in total. The molecule has 1 saturated carbocycles. The Hall–Kier alpha value is -2.28. The fourth-order valence-electron chi connectivity index (χ4n) is 3.31. The van der Waals surface area contributed by atoms with Crippen LogP contribution in [0.2, 0.25) is 5.15 Å². The summed E-state index contributed by atoms with van der Waals surface area (Å²) in [5.41, 5.74) is 2.33. The van der Waals surface area contributed by atoms with Crippen LogP contribution in [-0.2, 0) is 18.4 Å². The molecule has 1 aliphatic carbocycles. The molecule has 0 bridgehead atoms. The predicted molar refractivity (Wildman–Crippen MR) is 98.1 cm³/mol. The molecule has 2 heterocycles. The van der Waals surface area contributed by atoms with Gasteiger partial charge in [-0.05, 0) is 31.9 Å². The molecule has 26 heavy (non-hydrogen) atoms. The third-order valence-electron chi connectivity index (χ3n) is 4.93. The van der Waals surface area contributed by atoms with E-state index in [-0.39, 0.29) is 29.6 Å². The molecule has 0 aliphatic heterocycles. The molecule has 1 amide bonds. The molecule has 0 radical (unpaired) electrons. The van der Waals surface area contributed by atoms with Crippen molar-refractivity contribution in [1.82, 2.24) is 19.7 Å². The molecule has 3 rings (SSSR count). The van der Waals surface area contributed by atoms with E-state index in [4.69, 9.17) is 16.3 Å². The van der Waals surface area contributed by atoms with Gasteiger partial charge in [0.05, 0.1) is 22.6 Å². The zero-order valence-corrected chi connectivity index (χ0v) is 16.0. The molecule has 0 aromatic carbocycles. The van der Waals surface area contributed by atoms with E-state index in [1.54, 1.807) is 42.7 Å². The second-order valence-corrected chi connectivity index (χ2v) is 7.00. The van der Waals surface area contributed by atoms with Crippen molar-refractivity contribution >= 4 is 17.7 Å². The maximum atomic E-state index is 12.4. The van der Waals surface area contributed by atoms with E-state index in [1.165, 1.54) is 0 Å². The van der Waals surface area contributed by atoms with E-state index in [0.717, 1.165) is 25.7 Å². The highest BCUT2D eigenvalue weighted by molar-refractivity contribution is 6.32. The van der Waals surface area contributed by atoms with Crippen LogP contribution in [0.4, 0.5) is 4.79 Å². The van der Waals surface area contributed by atoms with Crippen molar-refractivity contribution in [3.8, 4) is 17.0 Å². The summed E-state index contributed by atoms with van der Waals surface area (Å²) in [7, 11) is 3.52. The number of halogens is 1. The molecule has 0 unspecified atom stereocenters. The lowest BCUT2D eigenvalue weighted by Crippen LogP contribution is -2.35. The van der Waals surface area contributed by atoms with Crippen molar-refractivity contribution in [2.75, 3.05) is 7.05 Å². The summed E-state index contributed by atoms with van der Waals surface area (Å²) in [5.74, 6) is 0.111. The first-order valence-corrected chi connectivity index (χ1v) is 9.04. The Morgan fingerprint density at radius 2 is 2.12 bits per heavy atom. The van der Waals surface area contributed by atoms with Crippen LogP contribution >= 0.6 is 11.6 Å². The quantitative estimate of drug-likeness (QED) is 0.878. The van der Waals surface area contributed by atoms with Gasteiger partial charge in [-0.3, -0.25) is 4.68 Å². The molecular formula is C18H23ClN4O3. The van der Waals surface area contributed by atoms with Crippen LogP contribution < -0.4 is 0 Å². The molecule has 0 saturated heterocycles. The summed E-state index contributed by atoms with van der Waals surface area (Å²) in [6.07, 6.45) is 3.98. The highest BCUT2D eigenvalue weighted by Crippen LogP contribution is 2.32. The number of rotatable bonds is 4. The number of pyridine rings is 1. The fourth-order valence-corrected chi connectivity index (χ4v) is 3.63. The number of nitrogens with zero attached hydrogens (tertiary/aromatic N) is 4. The van der Waals surface area contributed by atoms with Crippen molar-refractivity contribution in [3.63, 3.8) is 0 Å². The van der Waals surface area contributed by atoms with Gasteiger partial charge in [0, 0.05) is 20.1 Å². The Balaban J connectivity index is 1.79. The number of carbonyl (C=O) groups excluding carboxylic acids is 1. The first-order chi connectivity index (χ1) is 12.4. The Bertz CT molecular complexity index is 815. The summed E-state index contributed by atoms with van der Waals surface area (Å²) in [6.45, 7) is 1.75. The summed E-state index contributed by atoms with van der Waals surface area (Å²) in [6, 6.07) is 3.48. The molecule has 140 valence electrons. The maximum Gasteiger partial charge on any atom is 0.410 e.